The van der Waals surface area contributed by atoms with Crippen molar-refractivity contribution in [2.24, 2.45) is 0 Å². The van der Waals surface area contributed by atoms with Gasteiger partial charge in [-0.15, -0.1) is 0 Å². The van der Waals surface area contributed by atoms with Crippen LogP contribution in [0.4, 0.5) is 0 Å². The molecule has 0 spiro atoms. The van der Waals surface area contributed by atoms with E-state index < -0.39 is 6.10 Å². The van der Waals surface area contributed by atoms with Crippen molar-refractivity contribution in [1.29, 1.82) is 0 Å². The van der Waals surface area contributed by atoms with Gasteiger partial charge in [0, 0.05) is 16.5 Å². The molecule has 1 unspecified atom stereocenters. The highest BCUT2D eigenvalue weighted by atomic mass is 79.9. The SMILES string of the molecule is O=C(c1cc2c(cc1Br)OCCCO2)C1COCCO1. The van der Waals surface area contributed by atoms with E-state index in [1.165, 1.54) is 0 Å². The van der Waals surface area contributed by atoms with E-state index in [0.29, 0.717) is 54.6 Å². The van der Waals surface area contributed by atoms with Gasteiger partial charge in [-0.3, -0.25) is 4.79 Å². The molecular formula is C14H15BrO5. The Morgan fingerprint density at radius 2 is 1.85 bits per heavy atom. The van der Waals surface area contributed by atoms with Crippen molar-refractivity contribution in [2.45, 2.75) is 12.5 Å². The zero-order chi connectivity index (χ0) is 13.9. The molecule has 1 aromatic rings. The Balaban J connectivity index is 1.88. The fraction of sp³-hybridized carbons (Fsp3) is 0.500. The minimum Gasteiger partial charge on any atom is -0.490 e. The van der Waals surface area contributed by atoms with E-state index in [0.717, 1.165) is 6.42 Å². The van der Waals surface area contributed by atoms with Gasteiger partial charge in [0.05, 0.1) is 33.0 Å². The third-order valence-corrected chi connectivity index (χ3v) is 3.87. The highest BCUT2D eigenvalue weighted by Crippen LogP contribution is 2.36. The second-order valence-corrected chi connectivity index (χ2v) is 5.48. The molecule has 2 heterocycles. The Hall–Kier alpha value is -1.11. The molecule has 0 radical (unpaired) electrons. The molecule has 5 nitrogen and oxygen atoms in total. The lowest BCUT2D eigenvalue weighted by Gasteiger charge is -2.22. The maximum atomic E-state index is 12.5. The molecule has 1 aromatic carbocycles. The first-order chi connectivity index (χ1) is 9.75. The molecule has 0 aromatic heterocycles. The summed E-state index contributed by atoms with van der Waals surface area (Å²) in [4.78, 5) is 12.5. The van der Waals surface area contributed by atoms with Crippen LogP contribution in [0.1, 0.15) is 16.8 Å². The number of Topliss-reactive ketones (excluding diaryl/α,β-unsaturated/α-hetero) is 1. The number of carbonyl (C=O) groups excluding carboxylic acids is 1. The smallest absolute Gasteiger partial charge is 0.195 e. The van der Waals surface area contributed by atoms with Crippen LogP contribution in [-0.4, -0.2) is 44.9 Å². The minimum absolute atomic E-state index is 0.104. The van der Waals surface area contributed by atoms with Crippen molar-refractivity contribution in [3.63, 3.8) is 0 Å². The first kappa shape index (κ1) is 13.9. The molecule has 1 atom stereocenters. The van der Waals surface area contributed by atoms with Crippen LogP contribution in [0.5, 0.6) is 11.5 Å². The number of fused-ring (bicyclic) bond motifs is 1. The molecule has 20 heavy (non-hydrogen) atoms. The zero-order valence-corrected chi connectivity index (χ0v) is 12.5. The van der Waals surface area contributed by atoms with Crippen LogP contribution >= 0.6 is 15.9 Å². The van der Waals surface area contributed by atoms with E-state index in [9.17, 15) is 4.79 Å². The maximum Gasteiger partial charge on any atom is 0.195 e. The van der Waals surface area contributed by atoms with Gasteiger partial charge in [0.1, 0.15) is 6.10 Å². The summed E-state index contributed by atoms with van der Waals surface area (Å²) >= 11 is 3.42. The normalized spacial score (nSPS) is 22.1. The Bertz CT molecular complexity index is 511. The van der Waals surface area contributed by atoms with Crippen LogP contribution in [0.15, 0.2) is 16.6 Å². The van der Waals surface area contributed by atoms with E-state index in [-0.39, 0.29) is 5.78 Å². The lowest BCUT2D eigenvalue weighted by molar-refractivity contribution is -0.0719. The van der Waals surface area contributed by atoms with Gasteiger partial charge < -0.3 is 18.9 Å². The Kier molecular flexibility index (Phi) is 4.24. The van der Waals surface area contributed by atoms with Gasteiger partial charge in [-0.05, 0) is 28.1 Å². The Labute approximate surface area is 125 Å². The number of carbonyl (C=O) groups is 1. The first-order valence-corrected chi connectivity index (χ1v) is 7.38. The van der Waals surface area contributed by atoms with Crippen molar-refractivity contribution in [3.8, 4) is 11.5 Å². The first-order valence-electron chi connectivity index (χ1n) is 6.58. The lowest BCUT2D eigenvalue weighted by Crippen LogP contribution is -2.35. The van der Waals surface area contributed by atoms with Gasteiger partial charge in [-0.25, -0.2) is 0 Å². The molecule has 6 heteroatoms. The van der Waals surface area contributed by atoms with E-state index in [1.807, 2.05) is 0 Å². The van der Waals surface area contributed by atoms with E-state index >= 15 is 0 Å². The fourth-order valence-electron chi connectivity index (χ4n) is 2.19. The van der Waals surface area contributed by atoms with Crippen LogP contribution in [-0.2, 0) is 9.47 Å². The fourth-order valence-corrected chi connectivity index (χ4v) is 2.70. The lowest BCUT2D eigenvalue weighted by atomic mass is 10.1. The molecule has 2 aliphatic rings. The molecule has 0 amide bonds. The summed E-state index contributed by atoms with van der Waals surface area (Å²) in [7, 11) is 0. The zero-order valence-electron chi connectivity index (χ0n) is 10.9. The molecule has 0 N–H and O–H groups in total. The van der Waals surface area contributed by atoms with Gasteiger partial charge in [0.2, 0.25) is 0 Å². The monoisotopic (exact) mass is 342 g/mol. The molecular weight excluding hydrogens is 328 g/mol. The Morgan fingerprint density at radius 1 is 1.10 bits per heavy atom. The highest BCUT2D eigenvalue weighted by molar-refractivity contribution is 9.10. The van der Waals surface area contributed by atoms with E-state index in [2.05, 4.69) is 15.9 Å². The number of halogens is 1. The van der Waals surface area contributed by atoms with Crippen molar-refractivity contribution in [1.82, 2.24) is 0 Å². The summed E-state index contributed by atoms with van der Waals surface area (Å²) in [6.07, 6.45) is 0.277. The number of ether oxygens (including phenoxy) is 4. The largest absolute Gasteiger partial charge is 0.490 e. The third-order valence-electron chi connectivity index (χ3n) is 3.21. The second-order valence-electron chi connectivity index (χ2n) is 4.63. The van der Waals surface area contributed by atoms with Gasteiger partial charge in [-0.2, -0.15) is 0 Å². The average Bonchev–Trinajstić information content (AvgIpc) is 2.71. The van der Waals surface area contributed by atoms with Crippen LogP contribution in [0.2, 0.25) is 0 Å². The summed E-state index contributed by atoms with van der Waals surface area (Å²) in [5, 5.41) is 0. The van der Waals surface area contributed by atoms with E-state index in [4.69, 9.17) is 18.9 Å². The number of benzene rings is 1. The third kappa shape index (κ3) is 2.82. The predicted octanol–water partition coefficient (Wildman–Crippen LogP) is 2.21. The van der Waals surface area contributed by atoms with Crippen LogP contribution in [0, 0.1) is 0 Å². The number of ketones is 1. The van der Waals surface area contributed by atoms with Gasteiger partial charge in [0.25, 0.3) is 0 Å². The molecule has 2 aliphatic heterocycles. The molecule has 0 bridgehead atoms. The number of hydrogen-bond donors (Lipinski definition) is 0. The molecule has 0 aliphatic carbocycles. The van der Waals surface area contributed by atoms with Crippen molar-refractivity contribution in [2.75, 3.05) is 33.0 Å². The summed E-state index contributed by atoms with van der Waals surface area (Å²) in [5.74, 6) is 1.16. The van der Waals surface area contributed by atoms with Crippen LogP contribution < -0.4 is 9.47 Å². The highest BCUT2D eigenvalue weighted by Gasteiger charge is 2.27. The average molecular weight is 343 g/mol. The topological polar surface area (TPSA) is 54.0 Å². The Morgan fingerprint density at radius 3 is 2.55 bits per heavy atom. The van der Waals surface area contributed by atoms with Crippen molar-refractivity contribution >= 4 is 21.7 Å². The molecule has 1 fully saturated rings. The van der Waals surface area contributed by atoms with Gasteiger partial charge in [0.15, 0.2) is 17.3 Å². The summed E-state index contributed by atoms with van der Waals surface area (Å²) in [6, 6.07) is 3.49. The number of hydrogen-bond acceptors (Lipinski definition) is 5. The van der Waals surface area contributed by atoms with Crippen molar-refractivity contribution in [3.05, 3.63) is 22.2 Å². The van der Waals surface area contributed by atoms with Crippen molar-refractivity contribution < 1.29 is 23.7 Å². The molecule has 108 valence electrons. The molecule has 0 saturated carbocycles. The quantitative estimate of drug-likeness (QED) is 0.771. The summed E-state index contributed by atoms with van der Waals surface area (Å²) in [5.41, 5.74) is 0.532. The maximum absolute atomic E-state index is 12.5. The van der Waals surface area contributed by atoms with Gasteiger partial charge in [-0.1, -0.05) is 0 Å². The van der Waals surface area contributed by atoms with Crippen LogP contribution in [0.3, 0.4) is 0 Å². The standard InChI is InChI=1S/C14H15BrO5/c15-10-7-12-11(18-2-1-3-19-12)6-9(10)14(16)13-8-17-4-5-20-13/h6-7,13H,1-5,8H2. The van der Waals surface area contributed by atoms with E-state index in [1.54, 1.807) is 12.1 Å². The van der Waals surface area contributed by atoms with Gasteiger partial charge >= 0.3 is 0 Å². The summed E-state index contributed by atoms with van der Waals surface area (Å²) in [6.45, 7) is 2.47. The number of rotatable bonds is 2. The minimum atomic E-state index is -0.551. The predicted molar refractivity (Wildman–Crippen MR) is 74.6 cm³/mol. The second kappa shape index (κ2) is 6.11. The summed E-state index contributed by atoms with van der Waals surface area (Å²) < 4.78 is 22.6. The van der Waals surface area contributed by atoms with Crippen LogP contribution in [0.25, 0.3) is 0 Å². The molecule has 1 saturated heterocycles. The molecule has 3 rings (SSSR count).